The van der Waals surface area contributed by atoms with Crippen molar-refractivity contribution in [2.75, 3.05) is 6.61 Å². The summed E-state index contributed by atoms with van der Waals surface area (Å²) in [5, 5.41) is 42.8. The van der Waals surface area contributed by atoms with Gasteiger partial charge in [-0.05, 0) is 95.1 Å². The summed E-state index contributed by atoms with van der Waals surface area (Å²) in [7, 11) is 0. The Morgan fingerprint density at radius 3 is 2.47 bits per heavy atom. The third kappa shape index (κ3) is 9.78. The van der Waals surface area contributed by atoms with Gasteiger partial charge in [0.2, 0.25) is 5.79 Å². The van der Waals surface area contributed by atoms with Crippen LogP contribution in [-0.2, 0) is 47.5 Å². The van der Waals surface area contributed by atoms with Gasteiger partial charge in [-0.1, -0.05) is 45.1 Å². The highest BCUT2D eigenvalue weighted by Crippen LogP contribution is 2.48. The molecule has 7 heterocycles. The lowest BCUT2D eigenvalue weighted by Crippen LogP contribution is -2.60. The number of aliphatic hydroxyl groups is 3. The third-order valence-electron chi connectivity index (χ3n) is 14.3. The molecular formula is C46H70O14. The SMILES string of the molecule is C=C1C([C@H](C[C@H](C)[C@H]2O[C@@]3(CCCCO3)CC[C@H]2C)OC(C)=O)O[C@@H]2CC[C@@]3(CC[C@H](/C=C/[C@@H](C)[C@@H]4CC(C)=C[C@@]5(O[C@H](C[C@@](C)(O)C(=O)O)CC[C@H]5O)O4)O3)O[C@H]2[C@@H]1O. The van der Waals surface area contributed by atoms with Crippen molar-refractivity contribution in [1.29, 1.82) is 0 Å². The average Bonchev–Trinajstić information content (AvgIpc) is 3.59. The Balaban J connectivity index is 0.952. The number of carboxylic acid groups (broad SMARTS) is 1. The van der Waals surface area contributed by atoms with Gasteiger partial charge in [-0.15, -0.1) is 0 Å². The number of hydrogen-bond donors (Lipinski definition) is 4. The van der Waals surface area contributed by atoms with Crippen LogP contribution >= 0.6 is 0 Å². The molecule has 0 bridgehead atoms. The van der Waals surface area contributed by atoms with Crippen LogP contribution in [0, 0.1) is 17.8 Å². The highest BCUT2D eigenvalue weighted by atomic mass is 16.7. The summed E-state index contributed by atoms with van der Waals surface area (Å²) in [6.45, 7) is 15.9. The van der Waals surface area contributed by atoms with E-state index in [1.807, 2.05) is 19.9 Å². The zero-order chi connectivity index (χ0) is 43.2. The van der Waals surface area contributed by atoms with Gasteiger partial charge in [0.15, 0.2) is 17.2 Å². The van der Waals surface area contributed by atoms with Crippen LogP contribution in [0.1, 0.15) is 131 Å². The van der Waals surface area contributed by atoms with Crippen LogP contribution in [-0.4, -0.2) is 123 Å². The van der Waals surface area contributed by atoms with Gasteiger partial charge in [0.05, 0.1) is 37.1 Å². The fraction of sp³-hybridized carbons (Fsp3) is 0.826. The Bertz CT molecular complexity index is 1620. The number of rotatable bonds is 11. The maximum atomic E-state index is 12.5. The lowest BCUT2D eigenvalue weighted by molar-refractivity contribution is -0.321. The number of ether oxygens (including phenoxy) is 8. The minimum atomic E-state index is -1.97. The summed E-state index contributed by atoms with van der Waals surface area (Å²) in [5.41, 5.74) is -0.568. The molecule has 0 aromatic carbocycles. The molecule has 7 aliphatic heterocycles. The molecule has 0 aliphatic carbocycles. The van der Waals surface area contributed by atoms with E-state index in [2.05, 4.69) is 26.5 Å². The van der Waals surface area contributed by atoms with Crippen molar-refractivity contribution in [2.24, 2.45) is 17.8 Å². The predicted octanol–water partition coefficient (Wildman–Crippen LogP) is 5.78. The van der Waals surface area contributed by atoms with Gasteiger partial charge in [0, 0.05) is 44.9 Å². The van der Waals surface area contributed by atoms with Gasteiger partial charge in [0.25, 0.3) is 0 Å². The molecule has 14 heteroatoms. The molecule has 0 saturated carbocycles. The number of fused-ring (bicyclic) bond motifs is 1. The molecule has 0 aromatic heterocycles. The van der Waals surface area contributed by atoms with E-state index >= 15 is 0 Å². The zero-order valence-corrected chi connectivity index (χ0v) is 36.4. The van der Waals surface area contributed by atoms with Crippen LogP contribution in [0.5, 0.6) is 0 Å². The number of carbonyl (C=O) groups is 2. The third-order valence-corrected chi connectivity index (χ3v) is 14.3. The fourth-order valence-electron chi connectivity index (χ4n) is 10.8. The summed E-state index contributed by atoms with van der Waals surface area (Å²) >= 11 is 0. The van der Waals surface area contributed by atoms with Crippen LogP contribution in [0.15, 0.2) is 36.0 Å². The van der Waals surface area contributed by atoms with E-state index in [1.54, 1.807) is 6.08 Å². The monoisotopic (exact) mass is 846 g/mol. The lowest BCUT2D eigenvalue weighted by Gasteiger charge is -2.50. The zero-order valence-electron chi connectivity index (χ0n) is 36.4. The number of carbonyl (C=O) groups excluding carboxylic acids is 1. The number of carboxylic acids is 1. The van der Waals surface area contributed by atoms with E-state index in [0.29, 0.717) is 69.5 Å². The number of hydrogen-bond acceptors (Lipinski definition) is 13. The van der Waals surface area contributed by atoms with E-state index in [0.717, 1.165) is 37.7 Å². The van der Waals surface area contributed by atoms with Gasteiger partial charge in [-0.25, -0.2) is 4.79 Å². The molecule has 1 unspecified atom stereocenters. The smallest absolute Gasteiger partial charge is 0.335 e. The largest absolute Gasteiger partial charge is 0.479 e. The number of esters is 1. The van der Waals surface area contributed by atoms with Gasteiger partial charge in [0.1, 0.15) is 30.5 Å². The quantitative estimate of drug-likeness (QED) is 0.145. The van der Waals surface area contributed by atoms with Crippen LogP contribution in [0.25, 0.3) is 0 Å². The first-order valence-electron chi connectivity index (χ1n) is 22.5. The molecule has 338 valence electrons. The van der Waals surface area contributed by atoms with Crippen LogP contribution < -0.4 is 0 Å². The molecule has 0 amide bonds. The van der Waals surface area contributed by atoms with Crippen LogP contribution in [0.4, 0.5) is 0 Å². The highest BCUT2D eigenvalue weighted by molar-refractivity contribution is 5.76. The summed E-state index contributed by atoms with van der Waals surface area (Å²) < 4.78 is 51.6. The molecule has 6 saturated heterocycles. The van der Waals surface area contributed by atoms with Gasteiger partial charge in [-0.3, -0.25) is 4.79 Å². The van der Waals surface area contributed by atoms with Crippen molar-refractivity contribution in [2.45, 2.75) is 215 Å². The molecule has 0 aromatic rings. The van der Waals surface area contributed by atoms with Gasteiger partial charge >= 0.3 is 11.9 Å². The minimum absolute atomic E-state index is 0.0174. The molecule has 4 N–H and O–H groups in total. The average molecular weight is 847 g/mol. The van der Waals surface area contributed by atoms with Crippen molar-refractivity contribution in [3.05, 3.63) is 36.0 Å². The van der Waals surface area contributed by atoms with Crippen molar-refractivity contribution in [3.8, 4) is 0 Å². The van der Waals surface area contributed by atoms with Crippen molar-refractivity contribution >= 4 is 11.9 Å². The van der Waals surface area contributed by atoms with Crippen molar-refractivity contribution in [1.82, 2.24) is 0 Å². The predicted molar refractivity (Wildman–Crippen MR) is 217 cm³/mol. The lowest BCUT2D eigenvalue weighted by atomic mass is 9.79. The second-order valence-electron chi connectivity index (χ2n) is 19.4. The van der Waals surface area contributed by atoms with Crippen LogP contribution in [0.2, 0.25) is 0 Å². The second-order valence-corrected chi connectivity index (χ2v) is 19.4. The second kappa shape index (κ2) is 18.1. The Kier molecular flexibility index (Phi) is 13.8. The first-order chi connectivity index (χ1) is 28.3. The molecule has 7 rings (SSSR count). The topological polar surface area (TPSA) is 189 Å². The van der Waals surface area contributed by atoms with E-state index in [1.165, 1.54) is 13.8 Å². The van der Waals surface area contributed by atoms with Crippen molar-refractivity contribution in [3.63, 3.8) is 0 Å². The summed E-state index contributed by atoms with van der Waals surface area (Å²) in [4.78, 5) is 24.1. The number of aliphatic carboxylic acids is 1. The van der Waals surface area contributed by atoms with E-state index < -0.39 is 77.6 Å². The Hall–Kier alpha value is -2.24. The molecule has 0 radical (unpaired) electrons. The maximum absolute atomic E-state index is 12.5. The first-order valence-corrected chi connectivity index (χ1v) is 22.5. The standard InChI is InChI=1S/C46H70O14/c1-26-22-35(58-46(24-26)37(48)13-12-33(57-46)25-43(7,52)42(50)51)27(2)10-11-32-15-19-45(56-32)20-16-34-41(60-45)38(49)30(5)40(55-34)36(54-31(6)47)23-29(4)39-28(3)14-18-44(59-39)17-8-9-21-53-44/h10-11,24,27-29,32-41,48-49,52H,5,8-9,12-23,25H2,1-4,6-7H3,(H,50,51)/b11-10+/t27-,28-,29+,32+,33+,34-,35+,36+,37-,38-,39+,40?,41-,43-,44+,45-,46-/m1/s1. The van der Waals surface area contributed by atoms with Crippen molar-refractivity contribution < 1.29 is 67.9 Å². The molecule has 3 spiro atoms. The highest BCUT2D eigenvalue weighted by Gasteiger charge is 2.55. The molecular weight excluding hydrogens is 776 g/mol. The Morgan fingerprint density at radius 1 is 1.00 bits per heavy atom. The minimum Gasteiger partial charge on any atom is -0.479 e. The summed E-state index contributed by atoms with van der Waals surface area (Å²) in [6, 6.07) is 0. The van der Waals surface area contributed by atoms with E-state index in [9.17, 15) is 30.0 Å². The molecule has 7 aliphatic rings. The fourth-order valence-corrected chi connectivity index (χ4v) is 10.8. The molecule has 17 atom stereocenters. The van der Waals surface area contributed by atoms with Gasteiger partial charge in [-0.2, -0.15) is 0 Å². The molecule has 60 heavy (non-hydrogen) atoms. The molecule has 6 fully saturated rings. The number of aliphatic hydroxyl groups excluding tert-OH is 2. The molecule has 14 nitrogen and oxygen atoms in total. The normalized spacial score (nSPS) is 43.6. The van der Waals surface area contributed by atoms with E-state index in [4.69, 9.17) is 37.9 Å². The summed E-state index contributed by atoms with van der Waals surface area (Å²) in [6.07, 6.45) is 9.14. The van der Waals surface area contributed by atoms with E-state index in [-0.39, 0.29) is 36.6 Å². The summed E-state index contributed by atoms with van der Waals surface area (Å²) in [5.74, 6) is -4.41. The Morgan fingerprint density at radius 2 is 1.75 bits per heavy atom. The van der Waals surface area contributed by atoms with Crippen LogP contribution in [0.3, 0.4) is 0 Å². The maximum Gasteiger partial charge on any atom is 0.335 e. The van der Waals surface area contributed by atoms with Gasteiger partial charge < -0.3 is 58.3 Å². The Labute approximate surface area is 354 Å². The first kappa shape index (κ1) is 45.8.